The highest BCUT2D eigenvalue weighted by Crippen LogP contribution is 2.20. The molecule has 0 unspecified atom stereocenters. The molecule has 0 bridgehead atoms. The molecule has 2 N–H and O–H groups in total. The van der Waals surface area contributed by atoms with E-state index in [2.05, 4.69) is 20.5 Å². The van der Waals surface area contributed by atoms with Gasteiger partial charge in [-0.1, -0.05) is 26.0 Å². The lowest BCUT2D eigenvalue weighted by Gasteiger charge is -2.18. The maximum atomic E-state index is 12.5. The zero-order valence-corrected chi connectivity index (χ0v) is 16.9. The Morgan fingerprint density at radius 1 is 1.04 bits per heavy atom. The molecule has 1 aromatic carbocycles. The topological polar surface area (TPSA) is 91.0 Å². The van der Waals surface area contributed by atoms with Crippen LogP contribution < -0.4 is 5.32 Å². The van der Waals surface area contributed by atoms with Crippen LogP contribution in [0.2, 0.25) is 0 Å². The Kier molecular flexibility index (Phi) is 6.56. The van der Waals surface area contributed by atoms with Gasteiger partial charge < -0.3 is 5.32 Å². The van der Waals surface area contributed by atoms with Gasteiger partial charge in [-0.15, -0.1) is 0 Å². The third-order valence-electron chi connectivity index (χ3n) is 4.58. The van der Waals surface area contributed by atoms with Gasteiger partial charge in [0.05, 0.1) is 16.8 Å². The van der Waals surface area contributed by atoms with E-state index in [0.29, 0.717) is 31.1 Å². The molecular weight excluding hydrogens is 374 g/mol. The van der Waals surface area contributed by atoms with E-state index >= 15 is 0 Å². The van der Waals surface area contributed by atoms with Crippen LogP contribution in [0.3, 0.4) is 0 Å². The van der Waals surface area contributed by atoms with Crippen LogP contribution in [-0.4, -0.2) is 41.0 Å². The molecule has 3 aromatic rings. The number of nitrogens with one attached hydrogen (secondary N) is 2. The molecule has 3 rings (SSSR count). The lowest BCUT2D eigenvalue weighted by Crippen LogP contribution is -2.30. The summed E-state index contributed by atoms with van der Waals surface area (Å²) in [6, 6.07) is 10.9. The second-order valence-corrected chi connectivity index (χ2v) is 8.29. The average molecular weight is 400 g/mol. The number of nitrogens with zero attached hydrogens (tertiary/aromatic N) is 3. The van der Waals surface area contributed by atoms with Crippen molar-refractivity contribution in [2.75, 3.05) is 13.1 Å². The van der Waals surface area contributed by atoms with E-state index < -0.39 is 10.0 Å². The highest BCUT2D eigenvalue weighted by Gasteiger charge is 2.21. The first kappa shape index (κ1) is 20.2. The minimum Gasteiger partial charge on any atom is -0.308 e. The van der Waals surface area contributed by atoms with E-state index in [1.807, 2.05) is 38.1 Å². The monoisotopic (exact) mass is 399 g/mol. The second kappa shape index (κ2) is 9.09. The van der Waals surface area contributed by atoms with Gasteiger partial charge >= 0.3 is 0 Å². The quantitative estimate of drug-likeness (QED) is 0.577. The molecule has 8 heteroatoms. The van der Waals surface area contributed by atoms with Crippen molar-refractivity contribution in [2.45, 2.75) is 31.8 Å². The largest absolute Gasteiger partial charge is 0.308 e. The molecule has 0 atom stereocenters. The first-order valence-electron chi connectivity index (χ1n) is 9.28. The summed E-state index contributed by atoms with van der Waals surface area (Å²) in [6.07, 6.45) is 5.34. The van der Waals surface area contributed by atoms with Crippen molar-refractivity contribution in [3.05, 3.63) is 66.1 Å². The fraction of sp³-hybridized carbons (Fsp3) is 0.300. The molecule has 0 saturated carbocycles. The lowest BCUT2D eigenvalue weighted by molar-refractivity contribution is 0.445. The highest BCUT2D eigenvalue weighted by atomic mass is 32.2. The maximum Gasteiger partial charge on any atom is 0.243 e. The predicted octanol–water partition coefficient (Wildman–Crippen LogP) is 2.79. The van der Waals surface area contributed by atoms with Crippen molar-refractivity contribution < 1.29 is 8.42 Å². The van der Waals surface area contributed by atoms with E-state index in [1.54, 1.807) is 30.7 Å². The zero-order chi connectivity index (χ0) is 20.0. The van der Waals surface area contributed by atoms with E-state index in [-0.39, 0.29) is 0 Å². The van der Waals surface area contributed by atoms with Gasteiger partial charge in [-0.25, -0.2) is 8.42 Å². The number of hydrogen-bond acceptors (Lipinski definition) is 5. The Morgan fingerprint density at radius 3 is 2.43 bits per heavy atom. The molecule has 28 heavy (non-hydrogen) atoms. The van der Waals surface area contributed by atoms with Crippen molar-refractivity contribution in [1.82, 2.24) is 24.8 Å². The molecule has 0 aliphatic carbocycles. The molecule has 2 aromatic heterocycles. The third-order valence-corrected chi connectivity index (χ3v) is 6.64. The third kappa shape index (κ3) is 4.46. The van der Waals surface area contributed by atoms with E-state index in [4.69, 9.17) is 0 Å². The zero-order valence-electron chi connectivity index (χ0n) is 16.1. The maximum absolute atomic E-state index is 12.5. The Hall–Kier alpha value is -2.55. The highest BCUT2D eigenvalue weighted by molar-refractivity contribution is 7.89. The van der Waals surface area contributed by atoms with Crippen molar-refractivity contribution >= 4 is 10.0 Å². The summed E-state index contributed by atoms with van der Waals surface area (Å²) in [4.78, 5) is 4.47. The number of benzene rings is 1. The minimum atomic E-state index is -3.42. The van der Waals surface area contributed by atoms with Crippen LogP contribution in [0.5, 0.6) is 0 Å². The fourth-order valence-corrected chi connectivity index (χ4v) is 4.50. The number of pyridine rings is 1. The van der Waals surface area contributed by atoms with Crippen molar-refractivity contribution in [2.24, 2.45) is 0 Å². The van der Waals surface area contributed by atoms with Gasteiger partial charge in [0, 0.05) is 49.7 Å². The summed E-state index contributed by atoms with van der Waals surface area (Å²) in [6.45, 7) is 5.88. The number of sulfonamides is 1. The summed E-state index contributed by atoms with van der Waals surface area (Å²) >= 11 is 0. The molecule has 148 valence electrons. The van der Waals surface area contributed by atoms with Crippen LogP contribution >= 0.6 is 0 Å². The summed E-state index contributed by atoms with van der Waals surface area (Å²) in [5.74, 6) is 0. The molecule has 7 nitrogen and oxygen atoms in total. The van der Waals surface area contributed by atoms with Gasteiger partial charge in [0.25, 0.3) is 0 Å². The summed E-state index contributed by atoms with van der Waals surface area (Å²) in [7, 11) is -3.42. The summed E-state index contributed by atoms with van der Waals surface area (Å²) < 4.78 is 26.5. The molecule has 0 aliphatic rings. The standard InChI is InChI=1S/C20H25N5O2S/c1-3-25(4-2)28(26,27)19-9-7-16(8-10-19)12-22-14-18-15-23-24-20(18)17-6-5-11-21-13-17/h5-11,13,15,22H,3-4,12,14H2,1-2H3,(H,23,24). The number of rotatable bonds is 9. The van der Waals surface area contributed by atoms with Gasteiger partial charge in [-0.2, -0.15) is 9.40 Å². The minimum absolute atomic E-state index is 0.327. The van der Waals surface area contributed by atoms with Gasteiger partial charge in [0.1, 0.15) is 0 Å². The Bertz CT molecular complexity index is 981. The van der Waals surface area contributed by atoms with Crippen molar-refractivity contribution in [1.29, 1.82) is 0 Å². The molecule has 0 spiro atoms. The van der Waals surface area contributed by atoms with Crippen LogP contribution in [0.25, 0.3) is 11.3 Å². The first-order chi connectivity index (χ1) is 13.6. The first-order valence-corrected chi connectivity index (χ1v) is 10.7. The molecular formula is C20H25N5O2S. The van der Waals surface area contributed by atoms with E-state index in [1.165, 1.54) is 4.31 Å². The number of aromatic nitrogens is 3. The Balaban J connectivity index is 1.62. The van der Waals surface area contributed by atoms with Gasteiger partial charge in [-0.05, 0) is 29.8 Å². The van der Waals surface area contributed by atoms with Crippen molar-refractivity contribution in [3.8, 4) is 11.3 Å². The Morgan fingerprint density at radius 2 is 1.79 bits per heavy atom. The second-order valence-electron chi connectivity index (χ2n) is 6.35. The normalized spacial score (nSPS) is 11.8. The van der Waals surface area contributed by atoms with Crippen LogP contribution in [-0.2, 0) is 23.1 Å². The van der Waals surface area contributed by atoms with E-state index in [9.17, 15) is 8.42 Å². The summed E-state index contributed by atoms with van der Waals surface area (Å²) in [5, 5.41) is 10.5. The fourth-order valence-electron chi connectivity index (χ4n) is 3.04. The molecule has 0 aliphatic heterocycles. The average Bonchev–Trinajstić information content (AvgIpc) is 3.18. The molecule has 2 heterocycles. The Labute approximate surface area is 165 Å². The van der Waals surface area contributed by atoms with Crippen molar-refractivity contribution in [3.63, 3.8) is 0 Å². The van der Waals surface area contributed by atoms with Gasteiger partial charge in [0.2, 0.25) is 10.0 Å². The predicted molar refractivity (Wildman–Crippen MR) is 109 cm³/mol. The van der Waals surface area contributed by atoms with Crippen LogP contribution in [0, 0.1) is 0 Å². The molecule has 0 saturated heterocycles. The number of hydrogen-bond donors (Lipinski definition) is 2. The smallest absolute Gasteiger partial charge is 0.243 e. The van der Waals surface area contributed by atoms with E-state index in [0.717, 1.165) is 22.4 Å². The van der Waals surface area contributed by atoms with Crippen LogP contribution in [0.1, 0.15) is 25.0 Å². The van der Waals surface area contributed by atoms with Crippen LogP contribution in [0.4, 0.5) is 0 Å². The van der Waals surface area contributed by atoms with Gasteiger partial charge in [-0.3, -0.25) is 10.1 Å². The number of H-pyrrole nitrogens is 1. The lowest BCUT2D eigenvalue weighted by atomic mass is 10.1. The molecule has 0 radical (unpaired) electrons. The molecule has 0 fully saturated rings. The van der Waals surface area contributed by atoms with Crippen LogP contribution in [0.15, 0.2) is 59.9 Å². The number of aromatic amines is 1. The van der Waals surface area contributed by atoms with Gasteiger partial charge in [0.15, 0.2) is 0 Å². The molecule has 0 amide bonds. The summed E-state index contributed by atoms with van der Waals surface area (Å²) in [5.41, 5.74) is 4.00. The SMILES string of the molecule is CCN(CC)S(=O)(=O)c1ccc(CNCc2cn[nH]c2-c2cccnc2)cc1.